The summed E-state index contributed by atoms with van der Waals surface area (Å²) in [5, 5.41) is 3.63. The predicted octanol–water partition coefficient (Wildman–Crippen LogP) is 1.99. The van der Waals surface area contributed by atoms with Crippen molar-refractivity contribution in [1.82, 2.24) is 10.2 Å². The third-order valence-corrected chi connectivity index (χ3v) is 7.36. The molecule has 3 N–H and O–H groups in total. The first-order chi connectivity index (χ1) is 11.2. The van der Waals surface area contributed by atoms with Crippen LogP contribution in [-0.4, -0.2) is 30.1 Å². The van der Waals surface area contributed by atoms with E-state index in [1.54, 1.807) is 11.3 Å². The molecule has 0 aromatic heterocycles. The van der Waals surface area contributed by atoms with E-state index >= 15 is 0 Å². The Morgan fingerprint density at radius 1 is 1.04 bits per heavy atom. The number of hydrogen-bond acceptors (Lipinski definition) is 3. The van der Waals surface area contributed by atoms with Gasteiger partial charge in [0.25, 0.3) is 0 Å². The number of rotatable bonds is 1. The molecule has 6 atom stereocenters. The van der Waals surface area contributed by atoms with E-state index in [0.29, 0.717) is 18.0 Å². The summed E-state index contributed by atoms with van der Waals surface area (Å²) < 4.78 is 0. The number of amides is 1. The van der Waals surface area contributed by atoms with Gasteiger partial charge in [-0.25, -0.2) is 0 Å². The van der Waals surface area contributed by atoms with Gasteiger partial charge in [0.2, 0.25) is 5.91 Å². The van der Waals surface area contributed by atoms with Gasteiger partial charge in [0.15, 0.2) is 0 Å². The molecule has 4 nitrogen and oxygen atoms in total. The molecule has 3 aliphatic carbocycles. The number of hydrogen-bond donors (Lipinski definition) is 2. The van der Waals surface area contributed by atoms with E-state index in [4.69, 9.17) is 5.73 Å². The second-order valence-corrected chi connectivity index (χ2v) is 8.15. The Morgan fingerprint density at radius 3 is 2.74 bits per heavy atom. The second kappa shape index (κ2) is 5.10. The normalized spacial score (nSPS) is 44.6. The third-order valence-electron chi connectivity index (χ3n) is 7.36. The second-order valence-electron chi connectivity index (χ2n) is 8.15. The molecule has 1 amide bonds. The topological polar surface area (TPSA) is 58.4 Å². The fraction of sp³-hybridized carbons (Fsp3) is 0.737. The maximum atomic E-state index is 11.7. The molecular formula is C19H27N3O. The molecule has 0 radical (unpaired) electrons. The van der Waals surface area contributed by atoms with Crippen molar-refractivity contribution in [3.05, 3.63) is 23.4 Å². The van der Waals surface area contributed by atoms with Crippen LogP contribution in [0.25, 0.3) is 0 Å². The van der Waals surface area contributed by atoms with Crippen LogP contribution in [0.4, 0.5) is 0 Å². The molecule has 5 rings (SSSR count). The smallest absolute Gasteiger partial charge is 0.220 e. The molecule has 4 heteroatoms. The van der Waals surface area contributed by atoms with Gasteiger partial charge in [-0.15, -0.1) is 0 Å². The van der Waals surface area contributed by atoms with E-state index in [1.165, 1.54) is 38.6 Å². The largest absolute Gasteiger partial charge is 0.369 e. The Bertz CT molecular complexity index is 595. The lowest BCUT2D eigenvalue weighted by Gasteiger charge is -2.48. The Hall–Kier alpha value is -1.29. The fourth-order valence-corrected chi connectivity index (χ4v) is 6.42. The highest BCUT2D eigenvalue weighted by molar-refractivity contribution is 5.77. The van der Waals surface area contributed by atoms with Crippen molar-refractivity contribution in [1.29, 1.82) is 0 Å². The van der Waals surface area contributed by atoms with Crippen LogP contribution in [0.15, 0.2) is 23.4 Å². The molecule has 4 fully saturated rings. The molecule has 0 bridgehead atoms. The van der Waals surface area contributed by atoms with Crippen LogP contribution in [0.2, 0.25) is 0 Å². The number of allylic oxidation sites excluding steroid dienone is 4. The fourth-order valence-electron chi connectivity index (χ4n) is 6.42. The summed E-state index contributed by atoms with van der Waals surface area (Å²) in [5.41, 5.74) is 8.90. The van der Waals surface area contributed by atoms with Crippen LogP contribution in [-0.2, 0) is 4.79 Å². The highest BCUT2D eigenvalue weighted by atomic mass is 16.1. The van der Waals surface area contributed by atoms with Crippen molar-refractivity contribution in [3.8, 4) is 0 Å². The summed E-state index contributed by atoms with van der Waals surface area (Å²) in [6.07, 6.45) is 12.7. The van der Waals surface area contributed by atoms with Crippen LogP contribution in [0.1, 0.15) is 38.5 Å². The van der Waals surface area contributed by atoms with Crippen molar-refractivity contribution in [3.63, 3.8) is 0 Å². The maximum Gasteiger partial charge on any atom is 0.220 e. The zero-order valence-corrected chi connectivity index (χ0v) is 13.7. The van der Waals surface area contributed by atoms with Crippen molar-refractivity contribution in [2.45, 2.75) is 44.7 Å². The van der Waals surface area contributed by atoms with Crippen molar-refractivity contribution >= 4 is 5.91 Å². The lowest BCUT2D eigenvalue weighted by atomic mass is 9.62. The van der Waals surface area contributed by atoms with Gasteiger partial charge in [-0.3, -0.25) is 10.1 Å². The maximum absolute atomic E-state index is 11.7. The van der Waals surface area contributed by atoms with Gasteiger partial charge in [-0.1, -0.05) is 11.6 Å². The molecule has 23 heavy (non-hydrogen) atoms. The summed E-state index contributed by atoms with van der Waals surface area (Å²) in [7, 11) is 0. The average Bonchev–Trinajstić information content (AvgIpc) is 3.20. The predicted molar refractivity (Wildman–Crippen MR) is 89.0 cm³/mol. The molecular weight excluding hydrogens is 286 g/mol. The number of fused-ring (bicyclic) bond motifs is 7. The van der Waals surface area contributed by atoms with Gasteiger partial charge in [0.1, 0.15) is 0 Å². The number of carbonyl (C=O) groups excluding carboxylic acids is 1. The van der Waals surface area contributed by atoms with Gasteiger partial charge in [-0.05, 0) is 62.4 Å². The molecule has 2 saturated carbocycles. The first-order valence-corrected chi connectivity index (χ1v) is 9.45. The molecule has 6 unspecified atom stereocenters. The summed E-state index contributed by atoms with van der Waals surface area (Å²) in [4.78, 5) is 14.4. The number of nitrogens with zero attached hydrogens (tertiary/aromatic N) is 1. The third kappa shape index (κ3) is 1.97. The highest BCUT2D eigenvalue weighted by Crippen LogP contribution is 2.55. The Balaban J connectivity index is 1.47. The molecule has 2 aliphatic heterocycles. The molecule has 2 heterocycles. The first kappa shape index (κ1) is 14.1. The Kier molecular flexibility index (Phi) is 3.12. The quantitative estimate of drug-likeness (QED) is 0.778. The van der Waals surface area contributed by atoms with E-state index in [2.05, 4.69) is 22.4 Å². The van der Waals surface area contributed by atoms with Gasteiger partial charge < -0.3 is 10.6 Å². The Morgan fingerprint density at radius 2 is 1.87 bits per heavy atom. The summed E-state index contributed by atoms with van der Waals surface area (Å²) in [6.45, 7) is 2.29. The number of primary amides is 1. The molecule has 0 spiro atoms. The van der Waals surface area contributed by atoms with Crippen LogP contribution in [0.3, 0.4) is 0 Å². The van der Waals surface area contributed by atoms with Crippen LogP contribution < -0.4 is 11.1 Å². The van der Waals surface area contributed by atoms with Crippen molar-refractivity contribution < 1.29 is 4.79 Å². The van der Waals surface area contributed by atoms with Crippen molar-refractivity contribution in [2.75, 3.05) is 13.1 Å². The van der Waals surface area contributed by atoms with E-state index in [-0.39, 0.29) is 11.8 Å². The van der Waals surface area contributed by atoms with E-state index in [1.807, 2.05) is 0 Å². The summed E-state index contributed by atoms with van der Waals surface area (Å²) in [6, 6.07) is 0. The van der Waals surface area contributed by atoms with Gasteiger partial charge in [0.05, 0.1) is 6.17 Å². The highest BCUT2D eigenvalue weighted by Gasteiger charge is 2.49. The molecule has 2 saturated heterocycles. The number of nitrogens with one attached hydrogen (secondary N) is 1. The zero-order chi connectivity index (χ0) is 15.6. The minimum atomic E-state index is -0.0627. The van der Waals surface area contributed by atoms with E-state index < -0.39 is 0 Å². The Labute approximate surface area is 138 Å². The molecule has 0 aromatic rings. The van der Waals surface area contributed by atoms with E-state index in [9.17, 15) is 4.79 Å². The average molecular weight is 313 g/mol. The zero-order valence-electron chi connectivity index (χ0n) is 13.7. The van der Waals surface area contributed by atoms with Gasteiger partial charge in [-0.2, -0.15) is 0 Å². The lowest BCUT2D eigenvalue weighted by molar-refractivity contribution is -0.123. The lowest BCUT2D eigenvalue weighted by Crippen LogP contribution is -2.46. The molecule has 0 aromatic carbocycles. The number of nitrogens with two attached hydrogens (primary N) is 1. The first-order valence-electron chi connectivity index (χ1n) is 9.45. The van der Waals surface area contributed by atoms with E-state index in [0.717, 1.165) is 24.8 Å². The standard InChI is InChI=1S/C19H27N3O/c20-19(23)16-4-3-11-12-5-7-17-15(13(12)1-2-14(11)16)6-8-18-21-9-10-22(17)18/h5,7,11,13-16,18,21H,1-4,6,8-10H2,(H2,20,23). The minimum absolute atomic E-state index is 0.0627. The molecule has 5 aliphatic rings. The summed E-state index contributed by atoms with van der Waals surface area (Å²) in [5.74, 6) is 2.66. The van der Waals surface area contributed by atoms with Crippen LogP contribution in [0, 0.1) is 29.6 Å². The summed E-state index contributed by atoms with van der Waals surface area (Å²) >= 11 is 0. The number of carbonyl (C=O) groups is 1. The SMILES string of the molecule is NC(=O)C1CCC2C3=CC=C4C(CCC5NCCN45)C3CCC12. The number of piperidine rings is 1. The van der Waals surface area contributed by atoms with Crippen LogP contribution in [0.5, 0.6) is 0 Å². The van der Waals surface area contributed by atoms with Crippen molar-refractivity contribution in [2.24, 2.45) is 35.3 Å². The van der Waals surface area contributed by atoms with Crippen LogP contribution >= 0.6 is 0 Å². The van der Waals surface area contributed by atoms with Gasteiger partial charge >= 0.3 is 0 Å². The van der Waals surface area contributed by atoms with Gasteiger partial charge in [0, 0.05) is 30.6 Å². The minimum Gasteiger partial charge on any atom is -0.369 e. The monoisotopic (exact) mass is 313 g/mol. The molecule has 124 valence electrons.